The van der Waals surface area contributed by atoms with Crippen LogP contribution in [0.2, 0.25) is 0 Å². The molecule has 5 atom stereocenters. The maximum Gasteiger partial charge on any atom is 0.308 e. The van der Waals surface area contributed by atoms with Gasteiger partial charge in [0.05, 0.1) is 11.8 Å². The predicted molar refractivity (Wildman–Crippen MR) is 75.7 cm³/mol. The number of nitrogens with two attached hydrogens (primary N) is 1. The Labute approximate surface area is 122 Å². The number of aryl methyl sites for hydroxylation is 1. The molecule has 0 bridgehead atoms. The third kappa shape index (κ3) is 2.03. The molecule has 21 heavy (non-hydrogen) atoms. The predicted octanol–water partition coefficient (Wildman–Crippen LogP) is 1.29. The molecule has 1 aromatic carbocycles. The minimum Gasteiger partial charge on any atom is -0.481 e. The van der Waals surface area contributed by atoms with Crippen LogP contribution in [0, 0.1) is 30.6 Å². The molecule has 0 aliphatic heterocycles. The fourth-order valence-corrected chi connectivity index (χ4v) is 4.28. The van der Waals surface area contributed by atoms with Gasteiger partial charge in [-0.1, -0.05) is 29.8 Å². The minimum absolute atomic E-state index is 0.0881. The molecule has 0 spiro atoms. The molecule has 0 radical (unpaired) electrons. The number of hydrogen-bond acceptors (Lipinski definition) is 3. The van der Waals surface area contributed by atoms with E-state index in [-0.39, 0.29) is 11.8 Å². The van der Waals surface area contributed by atoms with Gasteiger partial charge in [-0.25, -0.2) is 0 Å². The molecule has 112 valence electrons. The number of carbonyl (C=O) groups is 2. The van der Waals surface area contributed by atoms with Crippen LogP contribution in [-0.2, 0) is 16.0 Å². The van der Waals surface area contributed by atoms with Crippen LogP contribution in [0.25, 0.3) is 0 Å². The molecular formula is C16H19NO4. The maximum atomic E-state index is 11.6. The molecule has 5 unspecified atom stereocenters. The summed E-state index contributed by atoms with van der Waals surface area (Å²) in [7, 11) is 0. The maximum absolute atomic E-state index is 11.6. The summed E-state index contributed by atoms with van der Waals surface area (Å²) in [5, 5.41) is 18.7. The van der Waals surface area contributed by atoms with Crippen molar-refractivity contribution in [2.45, 2.75) is 25.3 Å². The van der Waals surface area contributed by atoms with Crippen molar-refractivity contribution in [1.82, 2.24) is 0 Å². The van der Waals surface area contributed by atoms with Gasteiger partial charge in [0.15, 0.2) is 0 Å². The molecule has 2 aliphatic rings. The van der Waals surface area contributed by atoms with E-state index in [0.29, 0.717) is 12.8 Å². The first-order valence-electron chi connectivity index (χ1n) is 7.15. The first-order valence-corrected chi connectivity index (χ1v) is 7.15. The van der Waals surface area contributed by atoms with E-state index in [4.69, 9.17) is 10.8 Å². The highest BCUT2D eigenvalue weighted by atomic mass is 16.4. The zero-order valence-electron chi connectivity index (χ0n) is 11.8. The lowest BCUT2D eigenvalue weighted by Gasteiger charge is -2.24. The highest BCUT2D eigenvalue weighted by Crippen LogP contribution is 2.64. The van der Waals surface area contributed by atoms with Crippen molar-refractivity contribution in [2.75, 3.05) is 0 Å². The first-order chi connectivity index (χ1) is 9.85. The van der Waals surface area contributed by atoms with Crippen molar-refractivity contribution in [1.29, 1.82) is 0 Å². The van der Waals surface area contributed by atoms with Crippen LogP contribution in [0.3, 0.4) is 0 Å². The Morgan fingerprint density at radius 2 is 1.95 bits per heavy atom. The fourth-order valence-electron chi connectivity index (χ4n) is 4.28. The van der Waals surface area contributed by atoms with Gasteiger partial charge in [0.25, 0.3) is 0 Å². The standard InChI is InChI=1S/C16H19NO4/c1-8-3-2-4-9(5-8)6-10-7-11-13(15(20)21)16(11,17)12(10)14(18)19/h2-5,10-13H,6-7,17H2,1H3,(H,18,19)(H,20,21). The van der Waals surface area contributed by atoms with E-state index in [1.165, 1.54) is 0 Å². The number of fused-ring (bicyclic) bond motifs is 1. The van der Waals surface area contributed by atoms with Crippen molar-refractivity contribution in [3.63, 3.8) is 0 Å². The lowest BCUT2D eigenvalue weighted by atomic mass is 9.81. The summed E-state index contributed by atoms with van der Waals surface area (Å²) in [6.07, 6.45) is 1.22. The van der Waals surface area contributed by atoms with Gasteiger partial charge >= 0.3 is 11.9 Å². The van der Waals surface area contributed by atoms with Crippen molar-refractivity contribution >= 4 is 11.9 Å². The molecule has 2 aliphatic carbocycles. The van der Waals surface area contributed by atoms with Crippen LogP contribution in [-0.4, -0.2) is 27.7 Å². The number of hydrogen-bond donors (Lipinski definition) is 3. The van der Waals surface area contributed by atoms with Crippen molar-refractivity contribution in [3.05, 3.63) is 35.4 Å². The molecule has 4 N–H and O–H groups in total. The molecule has 1 aromatic rings. The van der Waals surface area contributed by atoms with E-state index in [9.17, 15) is 14.7 Å². The van der Waals surface area contributed by atoms with Crippen LogP contribution >= 0.6 is 0 Å². The Balaban J connectivity index is 1.82. The highest BCUT2D eigenvalue weighted by Gasteiger charge is 2.76. The quantitative estimate of drug-likeness (QED) is 0.775. The molecule has 0 aromatic heterocycles. The molecule has 2 saturated carbocycles. The molecule has 0 saturated heterocycles. The zero-order valence-corrected chi connectivity index (χ0v) is 11.8. The summed E-state index contributed by atoms with van der Waals surface area (Å²) in [5.74, 6) is -3.71. The molecule has 5 nitrogen and oxygen atoms in total. The summed E-state index contributed by atoms with van der Waals surface area (Å²) in [6, 6.07) is 7.97. The largest absolute Gasteiger partial charge is 0.481 e. The third-order valence-corrected chi connectivity index (χ3v) is 5.15. The Morgan fingerprint density at radius 3 is 2.52 bits per heavy atom. The Kier molecular flexibility index (Phi) is 3.06. The SMILES string of the molecule is Cc1cccc(CC2CC3C(C(=O)O)C3(N)C2C(=O)O)c1. The van der Waals surface area contributed by atoms with Crippen LogP contribution in [0.15, 0.2) is 24.3 Å². The first kappa shape index (κ1) is 14.1. The lowest BCUT2D eigenvalue weighted by molar-refractivity contribution is -0.145. The molecular weight excluding hydrogens is 270 g/mol. The van der Waals surface area contributed by atoms with Crippen LogP contribution in [0.4, 0.5) is 0 Å². The normalized spacial score (nSPS) is 37.0. The summed E-state index contributed by atoms with van der Waals surface area (Å²) in [6.45, 7) is 2.00. The summed E-state index contributed by atoms with van der Waals surface area (Å²) >= 11 is 0. The van der Waals surface area contributed by atoms with Gasteiger partial charge in [-0.3, -0.25) is 9.59 Å². The van der Waals surface area contributed by atoms with E-state index >= 15 is 0 Å². The van der Waals surface area contributed by atoms with Crippen LogP contribution in [0.1, 0.15) is 17.5 Å². The molecule has 2 fully saturated rings. The van der Waals surface area contributed by atoms with Gasteiger partial charge in [0.2, 0.25) is 0 Å². The second-order valence-electron chi connectivity index (χ2n) is 6.43. The number of carboxylic acids is 2. The number of carboxylic acid groups (broad SMARTS) is 2. The average Bonchev–Trinajstić information content (AvgIpc) is 2.83. The topological polar surface area (TPSA) is 101 Å². The monoisotopic (exact) mass is 289 g/mol. The van der Waals surface area contributed by atoms with Gasteiger partial charge in [0, 0.05) is 5.54 Å². The summed E-state index contributed by atoms with van der Waals surface area (Å²) in [4.78, 5) is 22.8. The Bertz CT molecular complexity index is 614. The average molecular weight is 289 g/mol. The van der Waals surface area contributed by atoms with Gasteiger partial charge in [-0.15, -0.1) is 0 Å². The van der Waals surface area contributed by atoms with E-state index in [0.717, 1.165) is 11.1 Å². The molecule has 5 heteroatoms. The molecule has 3 rings (SSSR count). The number of rotatable bonds is 4. The number of aliphatic carboxylic acids is 2. The van der Waals surface area contributed by atoms with Crippen molar-refractivity contribution < 1.29 is 19.8 Å². The Morgan fingerprint density at radius 1 is 1.29 bits per heavy atom. The van der Waals surface area contributed by atoms with E-state index in [1.807, 2.05) is 31.2 Å². The van der Waals surface area contributed by atoms with Gasteiger partial charge < -0.3 is 15.9 Å². The van der Waals surface area contributed by atoms with E-state index in [1.54, 1.807) is 0 Å². The van der Waals surface area contributed by atoms with E-state index < -0.39 is 29.3 Å². The van der Waals surface area contributed by atoms with Crippen molar-refractivity contribution in [3.8, 4) is 0 Å². The van der Waals surface area contributed by atoms with Crippen molar-refractivity contribution in [2.24, 2.45) is 29.4 Å². The third-order valence-electron chi connectivity index (χ3n) is 5.15. The summed E-state index contributed by atoms with van der Waals surface area (Å²) in [5.41, 5.74) is 7.31. The second-order valence-corrected chi connectivity index (χ2v) is 6.43. The minimum atomic E-state index is -1.06. The van der Waals surface area contributed by atoms with E-state index in [2.05, 4.69) is 0 Å². The summed E-state index contributed by atoms with van der Waals surface area (Å²) < 4.78 is 0. The molecule has 0 heterocycles. The van der Waals surface area contributed by atoms with Crippen LogP contribution < -0.4 is 5.73 Å². The van der Waals surface area contributed by atoms with Gasteiger partial charge in [0.1, 0.15) is 0 Å². The fraction of sp³-hybridized carbons (Fsp3) is 0.500. The number of benzene rings is 1. The molecule has 0 amide bonds. The Hall–Kier alpha value is -1.88. The van der Waals surface area contributed by atoms with Gasteiger partial charge in [-0.05, 0) is 37.2 Å². The smallest absolute Gasteiger partial charge is 0.308 e. The second kappa shape index (κ2) is 4.56. The lowest BCUT2D eigenvalue weighted by Crippen LogP contribution is -2.43. The zero-order chi connectivity index (χ0) is 15.4. The van der Waals surface area contributed by atoms with Gasteiger partial charge in [-0.2, -0.15) is 0 Å². The highest BCUT2D eigenvalue weighted by molar-refractivity contribution is 5.83. The van der Waals surface area contributed by atoms with Crippen LogP contribution in [0.5, 0.6) is 0 Å².